The minimum Gasteiger partial charge on any atom is -0.377 e. The Morgan fingerprint density at radius 2 is 2.11 bits per heavy atom. The van der Waals surface area contributed by atoms with Crippen LogP contribution in [0.3, 0.4) is 0 Å². The molecule has 0 aliphatic carbocycles. The van der Waals surface area contributed by atoms with Crippen molar-refractivity contribution in [1.29, 1.82) is 0 Å². The number of rotatable bonds is 5. The number of likely N-dealkylation sites (tertiary alicyclic amines) is 1. The Labute approximate surface area is 116 Å². The first kappa shape index (κ1) is 14.5. The van der Waals surface area contributed by atoms with Crippen LogP contribution in [0.15, 0.2) is 30.3 Å². The normalized spacial score (nSPS) is 26.3. The van der Waals surface area contributed by atoms with Crippen molar-refractivity contribution in [2.24, 2.45) is 5.73 Å². The zero-order chi connectivity index (χ0) is 13.7. The fourth-order valence-electron chi connectivity index (χ4n) is 2.98. The van der Waals surface area contributed by atoms with Gasteiger partial charge in [-0.2, -0.15) is 0 Å². The van der Waals surface area contributed by atoms with Gasteiger partial charge in [0, 0.05) is 32.7 Å². The molecule has 0 aromatic heterocycles. The average Bonchev–Trinajstić information content (AvgIpc) is 2.46. The molecular formula is C16H26N2O. The van der Waals surface area contributed by atoms with E-state index in [1.54, 1.807) is 0 Å². The Morgan fingerprint density at radius 3 is 2.74 bits per heavy atom. The number of hydrogen-bond acceptors (Lipinski definition) is 3. The van der Waals surface area contributed by atoms with E-state index in [1.165, 1.54) is 12.0 Å². The molecule has 19 heavy (non-hydrogen) atoms. The second kappa shape index (κ2) is 6.51. The fourth-order valence-corrected chi connectivity index (χ4v) is 2.98. The average molecular weight is 262 g/mol. The summed E-state index contributed by atoms with van der Waals surface area (Å²) in [7, 11) is 1.82. The van der Waals surface area contributed by atoms with E-state index >= 15 is 0 Å². The molecule has 1 saturated heterocycles. The second-order valence-electron chi connectivity index (χ2n) is 5.84. The van der Waals surface area contributed by atoms with Gasteiger partial charge in [0.1, 0.15) is 0 Å². The Kier molecular flexibility index (Phi) is 4.97. The molecule has 0 amide bonds. The van der Waals surface area contributed by atoms with Gasteiger partial charge in [0.05, 0.1) is 5.60 Å². The Hall–Kier alpha value is -0.900. The van der Waals surface area contributed by atoms with Crippen LogP contribution in [-0.2, 0) is 4.74 Å². The van der Waals surface area contributed by atoms with Gasteiger partial charge in [-0.15, -0.1) is 0 Å². The third-order valence-corrected chi connectivity index (χ3v) is 4.26. The van der Waals surface area contributed by atoms with E-state index in [-0.39, 0.29) is 5.60 Å². The smallest absolute Gasteiger partial charge is 0.0777 e. The number of ether oxygens (including phenoxy) is 1. The molecular weight excluding hydrogens is 236 g/mol. The van der Waals surface area contributed by atoms with E-state index in [0.29, 0.717) is 12.5 Å². The third-order valence-electron chi connectivity index (χ3n) is 4.26. The highest BCUT2D eigenvalue weighted by Gasteiger charge is 2.31. The van der Waals surface area contributed by atoms with Crippen molar-refractivity contribution in [3.63, 3.8) is 0 Å². The Balaban J connectivity index is 1.99. The molecule has 0 bridgehead atoms. The van der Waals surface area contributed by atoms with Gasteiger partial charge in [0.15, 0.2) is 0 Å². The molecule has 1 aromatic carbocycles. The largest absolute Gasteiger partial charge is 0.377 e. The van der Waals surface area contributed by atoms with Crippen LogP contribution in [-0.4, -0.2) is 43.8 Å². The molecule has 1 fully saturated rings. The summed E-state index contributed by atoms with van der Waals surface area (Å²) in [5, 5.41) is 0. The zero-order valence-corrected chi connectivity index (χ0v) is 12.1. The van der Waals surface area contributed by atoms with Crippen LogP contribution in [0, 0.1) is 0 Å². The number of piperidine rings is 1. The first-order valence-electron chi connectivity index (χ1n) is 7.19. The van der Waals surface area contributed by atoms with Gasteiger partial charge in [-0.25, -0.2) is 0 Å². The molecule has 2 rings (SSSR count). The Morgan fingerprint density at radius 1 is 1.37 bits per heavy atom. The van der Waals surface area contributed by atoms with Crippen LogP contribution in [0.1, 0.15) is 31.2 Å². The lowest BCUT2D eigenvalue weighted by molar-refractivity contribution is -0.0516. The third kappa shape index (κ3) is 3.78. The van der Waals surface area contributed by atoms with Crippen molar-refractivity contribution in [1.82, 2.24) is 4.90 Å². The SMILES string of the molecule is COC1(C)CCCN(CC(CN)c2ccccc2)C1. The lowest BCUT2D eigenvalue weighted by Crippen LogP contribution is -2.48. The summed E-state index contributed by atoms with van der Waals surface area (Å²) < 4.78 is 5.66. The summed E-state index contributed by atoms with van der Waals surface area (Å²) in [4.78, 5) is 2.50. The van der Waals surface area contributed by atoms with E-state index in [0.717, 1.165) is 26.1 Å². The fraction of sp³-hybridized carbons (Fsp3) is 0.625. The Bertz CT molecular complexity index is 382. The van der Waals surface area contributed by atoms with Crippen LogP contribution < -0.4 is 5.73 Å². The van der Waals surface area contributed by atoms with E-state index in [4.69, 9.17) is 10.5 Å². The number of benzene rings is 1. The molecule has 1 aromatic rings. The van der Waals surface area contributed by atoms with Crippen LogP contribution in [0.4, 0.5) is 0 Å². The summed E-state index contributed by atoms with van der Waals surface area (Å²) in [5.74, 6) is 0.417. The highest BCUT2D eigenvalue weighted by Crippen LogP contribution is 2.26. The lowest BCUT2D eigenvalue weighted by Gasteiger charge is -2.40. The summed E-state index contributed by atoms with van der Waals surface area (Å²) in [6, 6.07) is 10.6. The first-order chi connectivity index (χ1) is 9.17. The highest BCUT2D eigenvalue weighted by molar-refractivity contribution is 5.20. The maximum Gasteiger partial charge on any atom is 0.0777 e. The predicted octanol–water partition coefficient (Wildman–Crippen LogP) is 2.23. The summed E-state index contributed by atoms with van der Waals surface area (Å²) in [6.07, 6.45) is 2.36. The standard InChI is InChI=1S/C16H26N2O/c1-16(19-2)9-6-10-18(13-16)12-15(11-17)14-7-4-3-5-8-14/h3-5,7-8,15H,6,9-13,17H2,1-2H3. The van der Waals surface area contributed by atoms with E-state index in [1.807, 2.05) is 7.11 Å². The predicted molar refractivity (Wildman–Crippen MR) is 79.3 cm³/mol. The quantitative estimate of drug-likeness (QED) is 0.884. The van der Waals surface area contributed by atoms with Crippen LogP contribution >= 0.6 is 0 Å². The monoisotopic (exact) mass is 262 g/mol. The van der Waals surface area contributed by atoms with Gasteiger partial charge in [-0.1, -0.05) is 30.3 Å². The molecule has 3 heteroatoms. The van der Waals surface area contributed by atoms with Gasteiger partial charge >= 0.3 is 0 Å². The van der Waals surface area contributed by atoms with Crippen LogP contribution in [0.25, 0.3) is 0 Å². The highest BCUT2D eigenvalue weighted by atomic mass is 16.5. The molecule has 106 valence electrons. The van der Waals surface area contributed by atoms with Gasteiger partial charge in [-0.05, 0) is 31.9 Å². The summed E-state index contributed by atoms with van der Waals surface area (Å²) >= 11 is 0. The van der Waals surface area contributed by atoms with E-state index in [9.17, 15) is 0 Å². The molecule has 1 heterocycles. The van der Waals surface area contributed by atoms with E-state index < -0.39 is 0 Å². The van der Waals surface area contributed by atoms with Crippen molar-refractivity contribution in [2.45, 2.75) is 31.3 Å². The molecule has 2 unspecified atom stereocenters. The van der Waals surface area contributed by atoms with Gasteiger partial charge in [0.2, 0.25) is 0 Å². The summed E-state index contributed by atoms with van der Waals surface area (Å²) in [5.41, 5.74) is 7.31. The number of nitrogens with zero attached hydrogens (tertiary/aromatic N) is 1. The van der Waals surface area contributed by atoms with Crippen molar-refractivity contribution >= 4 is 0 Å². The first-order valence-corrected chi connectivity index (χ1v) is 7.19. The van der Waals surface area contributed by atoms with Crippen LogP contribution in [0.5, 0.6) is 0 Å². The molecule has 3 nitrogen and oxygen atoms in total. The maximum atomic E-state index is 5.96. The molecule has 0 spiro atoms. The van der Waals surface area contributed by atoms with Crippen molar-refractivity contribution in [2.75, 3.05) is 33.3 Å². The molecule has 1 aliphatic heterocycles. The molecule has 2 atom stereocenters. The second-order valence-corrected chi connectivity index (χ2v) is 5.84. The number of nitrogens with two attached hydrogens (primary N) is 1. The number of hydrogen-bond donors (Lipinski definition) is 1. The maximum absolute atomic E-state index is 5.96. The van der Waals surface area contributed by atoms with Gasteiger partial charge < -0.3 is 10.5 Å². The molecule has 0 saturated carbocycles. The minimum atomic E-state index is 0.00802. The van der Waals surface area contributed by atoms with Crippen LogP contribution in [0.2, 0.25) is 0 Å². The minimum absolute atomic E-state index is 0.00802. The molecule has 1 aliphatic rings. The number of methoxy groups -OCH3 is 1. The topological polar surface area (TPSA) is 38.5 Å². The zero-order valence-electron chi connectivity index (χ0n) is 12.1. The van der Waals surface area contributed by atoms with Crippen molar-refractivity contribution < 1.29 is 4.74 Å². The van der Waals surface area contributed by atoms with Crippen molar-refractivity contribution in [3.05, 3.63) is 35.9 Å². The van der Waals surface area contributed by atoms with Crippen molar-refractivity contribution in [3.8, 4) is 0 Å². The van der Waals surface area contributed by atoms with Gasteiger partial charge in [0.25, 0.3) is 0 Å². The summed E-state index contributed by atoms with van der Waals surface area (Å²) in [6.45, 7) is 6.10. The van der Waals surface area contributed by atoms with Gasteiger partial charge in [-0.3, -0.25) is 4.90 Å². The molecule has 2 N–H and O–H groups in total. The van der Waals surface area contributed by atoms with E-state index in [2.05, 4.69) is 42.2 Å². The lowest BCUT2D eigenvalue weighted by atomic mass is 9.92. The molecule has 0 radical (unpaired) electrons.